The van der Waals surface area contributed by atoms with Gasteiger partial charge in [0.05, 0.1) is 27.2 Å². The van der Waals surface area contributed by atoms with Gasteiger partial charge in [-0.05, 0) is 62.8 Å². The first-order valence-corrected chi connectivity index (χ1v) is 13.5. The van der Waals surface area contributed by atoms with Gasteiger partial charge in [0.1, 0.15) is 16.2 Å². The number of carbonyl (C=O) groups excluding carboxylic acids is 1. The molecule has 4 aromatic heterocycles. The summed E-state index contributed by atoms with van der Waals surface area (Å²) in [6.45, 7) is 4.21. The molecule has 0 saturated heterocycles. The summed E-state index contributed by atoms with van der Waals surface area (Å²) >= 11 is 4.63. The lowest BCUT2D eigenvalue weighted by Crippen LogP contribution is -2.14. The van der Waals surface area contributed by atoms with E-state index in [2.05, 4.69) is 52.3 Å². The number of rotatable bonds is 4. The number of fused-ring (bicyclic) bond motifs is 5. The maximum absolute atomic E-state index is 12.6. The Morgan fingerprint density at radius 3 is 2.82 bits per heavy atom. The van der Waals surface area contributed by atoms with Gasteiger partial charge in [-0.2, -0.15) is 0 Å². The number of hydrogen-bond donors (Lipinski definition) is 1. The first-order valence-electron chi connectivity index (χ1n) is 10.9. The lowest BCUT2D eigenvalue weighted by atomic mass is 10.0. The molecule has 0 fully saturated rings. The lowest BCUT2D eigenvalue weighted by Gasteiger charge is -2.06. The van der Waals surface area contributed by atoms with E-state index in [1.54, 1.807) is 29.0 Å². The average molecular weight is 492 g/mol. The van der Waals surface area contributed by atoms with Crippen LogP contribution in [0.2, 0.25) is 0 Å². The Morgan fingerprint density at radius 2 is 1.94 bits per heavy atom. The average Bonchev–Trinajstić information content (AvgIpc) is 3.36. The van der Waals surface area contributed by atoms with Gasteiger partial charge in [-0.25, -0.2) is 19.9 Å². The Kier molecular flexibility index (Phi) is 5.27. The molecule has 0 atom stereocenters. The highest BCUT2D eigenvalue weighted by Gasteiger charge is 2.18. The van der Waals surface area contributed by atoms with Crippen LogP contribution < -0.4 is 5.32 Å². The third-order valence-corrected chi connectivity index (χ3v) is 9.19. The molecule has 6 rings (SSSR count). The van der Waals surface area contributed by atoms with Gasteiger partial charge in [0.25, 0.3) is 0 Å². The molecule has 0 bridgehead atoms. The van der Waals surface area contributed by atoms with E-state index < -0.39 is 0 Å². The number of hydrogen-bond acceptors (Lipinski definition) is 8. The van der Waals surface area contributed by atoms with Crippen molar-refractivity contribution >= 4 is 76.8 Å². The zero-order valence-corrected chi connectivity index (χ0v) is 20.7. The van der Waals surface area contributed by atoms with Crippen LogP contribution in [0.3, 0.4) is 0 Å². The largest absolute Gasteiger partial charge is 0.301 e. The first-order chi connectivity index (χ1) is 16.0. The summed E-state index contributed by atoms with van der Waals surface area (Å²) < 4.78 is 0.979. The Bertz CT molecular complexity index is 1530. The molecule has 1 amide bonds. The molecule has 166 valence electrons. The number of thioether (sulfide) groups is 1. The quantitative estimate of drug-likeness (QED) is 0.243. The summed E-state index contributed by atoms with van der Waals surface area (Å²) in [4.78, 5) is 33.4. The summed E-state index contributed by atoms with van der Waals surface area (Å²) in [5.41, 5.74) is 5.47. The Balaban J connectivity index is 1.27. The molecule has 0 aliphatic heterocycles. The predicted octanol–water partition coefficient (Wildman–Crippen LogP) is 6.08. The molecule has 0 saturated carbocycles. The highest BCUT2D eigenvalue weighted by molar-refractivity contribution is 8.00. The van der Waals surface area contributed by atoms with Gasteiger partial charge in [-0.3, -0.25) is 4.79 Å². The van der Waals surface area contributed by atoms with Crippen LogP contribution in [-0.4, -0.2) is 31.6 Å². The zero-order chi connectivity index (χ0) is 22.5. The molecular weight excluding hydrogens is 470 g/mol. The lowest BCUT2D eigenvalue weighted by molar-refractivity contribution is -0.113. The standard InChI is InChI=1S/C24H21N5OS3/c1-12-7-13(2)14-9-15-20-21(33-22(15)27-17(14)8-12)23(26-11-25-20)31-10-19(30)29-24-28-16-5-3-4-6-18(16)32-24/h7-9,11H,3-6,10H2,1-2H3,(H,28,29,30). The van der Waals surface area contributed by atoms with E-state index in [9.17, 15) is 4.79 Å². The molecular formula is C24H21N5OS3. The van der Waals surface area contributed by atoms with Gasteiger partial charge in [-0.1, -0.05) is 17.8 Å². The van der Waals surface area contributed by atoms with Gasteiger partial charge in [0.2, 0.25) is 5.91 Å². The molecule has 1 aliphatic rings. The fraction of sp³-hybridized carbons (Fsp3) is 0.292. The van der Waals surface area contributed by atoms with Crippen molar-refractivity contribution in [3.63, 3.8) is 0 Å². The number of anilines is 1. The summed E-state index contributed by atoms with van der Waals surface area (Å²) in [6.07, 6.45) is 6.06. The highest BCUT2D eigenvalue weighted by Crippen LogP contribution is 2.38. The topological polar surface area (TPSA) is 80.7 Å². The van der Waals surface area contributed by atoms with Crippen molar-refractivity contribution in [3.8, 4) is 0 Å². The predicted molar refractivity (Wildman–Crippen MR) is 138 cm³/mol. The van der Waals surface area contributed by atoms with Crippen LogP contribution >= 0.6 is 34.4 Å². The van der Waals surface area contributed by atoms with Crippen LogP contribution in [0.1, 0.15) is 34.5 Å². The molecule has 0 unspecified atom stereocenters. The Hall–Kier alpha value is -2.62. The third-order valence-electron chi connectivity index (χ3n) is 5.91. The van der Waals surface area contributed by atoms with E-state index in [-0.39, 0.29) is 11.7 Å². The van der Waals surface area contributed by atoms with Crippen molar-refractivity contribution in [2.24, 2.45) is 0 Å². The van der Waals surface area contributed by atoms with E-state index in [4.69, 9.17) is 4.98 Å². The SMILES string of the molecule is Cc1cc(C)c2cc3c(nc2c1)sc1c(SCC(=O)Nc2nc4c(s2)CCCC4)ncnc13. The number of pyridine rings is 1. The Morgan fingerprint density at radius 1 is 1.06 bits per heavy atom. The molecule has 9 heteroatoms. The molecule has 4 heterocycles. The normalized spacial score (nSPS) is 13.6. The molecule has 0 spiro atoms. The van der Waals surface area contributed by atoms with Crippen LogP contribution in [0.15, 0.2) is 29.6 Å². The number of thiazole rings is 1. The van der Waals surface area contributed by atoms with Gasteiger partial charge >= 0.3 is 0 Å². The minimum absolute atomic E-state index is 0.0612. The van der Waals surface area contributed by atoms with Gasteiger partial charge in [0.15, 0.2) is 5.13 Å². The number of aryl methyl sites for hydroxylation is 4. The maximum Gasteiger partial charge on any atom is 0.236 e. The fourth-order valence-electron chi connectivity index (χ4n) is 4.40. The van der Waals surface area contributed by atoms with E-state index in [1.165, 1.54) is 40.6 Å². The van der Waals surface area contributed by atoms with Gasteiger partial charge < -0.3 is 5.32 Å². The van der Waals surface area contributed by atoms with Crippen molar-refractivity contribution in [2.45, 2.75) is 44.6 Å². The summed E-state index contributed by atoms with van der Waals surface area (Å²) in [5.74, 6) is 0.215. The van der Waals surface area contributed by atoms with Crippen molar-refractivity contribution < 1.29 is 4.79 Å². The molecule has 1 N–H and O–H groups in total. The second kappa shape index (κ2) is 8.30. The van der Waals surface area contributed by atoms with Crippen LogP contribution in [0.25, 0.3) is 31.3 Å². The van der Waals surface area contributed by atoms with Crippen LogP contribution in [0.5, 0.6) is 0 Å². The molecule has 6 nitrogen and oxygen atoms in total. The minimum atomic E-state index is -0.0612. The van der Waals surface area contributed by atoms with Crippen molar-refractivity contribution in [1.29, 1.82) is 0 Å². The Labute approximate surface area is 202 Å². The number of benzene rings is 1. The fourth-order valence-corrected chi connectivity index (χ4v) is 7.45. The van der Waals surface area contributed by atoms with Crippen LogP contribution in [-0.2, 0) is 17.6 Å². The van der Waals surface area contributed by atoms with Gasteiger partial charge in [-0.15, -0.1) is 22.7 Å². The second-order valence-electron chi connectivity index (χ2n) is 8.38. The minimum Gasteiger partial charge on any atom is -0.301 e. The number of amides is 1. The smallest absolute Gasteiger partial charge is 0.236 e. The number of nitrogens with zero attached hydrogens (tertiary/aromatic N) is 4. The maximum atomic E-state index is 12.6. The molecule has 5 aromatic rings. The summed E-state index contributed by atoms with van der Waals surface area (Å²) in [6, 6.07) is 6.48. The number of nitrogens with one attached hydrogen (secondary N) is 1. The molecule has 0 radical (unpaired) electrons. The number of aromatic nitrogens is 4. The van der Waals surface area contributed by atoms with Crippen molar-refractivity contribution in [3.05, 3.63) is 46.2 Å². The van der Waals surface area contributed by atoms with Crippen molar-refractivity contribution in [2.75, 3.05) is 11.1 Å². The van der Waals surface area contributed by atoms with Crippen LogP contribution in [0, 0.1) is 13.8 Å². The molecule has 1 aliphatic carbocycles. The summed E-state index contributed by atoms with van der Waals surface area (Å²) in [5, 5.41) is 6.68. The number of carbonyl (C=O) groups is 1. The van der Waals surface area contributed by atoms with E-state index in [1.807, 2.05) is 0 Å². The first kappa shape index (κ1) is 20.9. The highest BCUT2D eigenvalue weighted by atomic mass is 32.2. The van der Waals surface area contributed by atoms with Crippen LogP contribution in [0.4, 0.5) is 5.13 Å². The van der Waals surface area contributed by atoms with Gasteiger partial charge in [0, 0.05) is 15.6 Å². The summed E-state index contributed by atoms with van der Waals surface area (Å²) in [7, 11) is 0. The van der Waals surface area contributed by atoms with E-state index in [0.717, 1.165) is 54.9 Å². The molecule has 33 heavy (non-hydrogen) atoms. The van der Waals surface area contributed by atoms with E-state index >= 15 is 0 Å². The number of thiophene rings is 1. The third kappa shape index (κ3) is 3.88. The monoisotopic (exact) mass is 491 g/mol. The van der Waals surface area contributed by atoms with E-state index in [0.29, 0.717) is 5.13 Å². The van der Waals surface area contributed by atoms with Crippen molar-refractivity contribution in [1.82, 2.24) is 19.9 Å². The zero-order valence-electron chi connectivity index (χ0n) is 18.3. The second-order valence-corrected chi connectivity index (χ2v) is 11.4. The molecule has 1 aromatic carbocycles.